The van der Waals surface area contributed by atoms with E-state index < -0.39 is 0 Å². The van der Waals surface area contributed by atoms with Crippen molar-refractivity contribution in [3.8, 4) is 23.0 Å². The standard InChI is InChI=1S/C20H18N6O3/c1-2-4-15(23-12-18-21-7-8-22-18)14(3-1)19-25-26-20(29-19)24-13-5-6-16-17(11-13)28-10-9-27-16/h1-8,11,23H,9-10,12H2,(H,21,22)(H,24,26). The zero-order valence-corrected chi connectivity index (χ0v) is 15.4. The Hall–Kier alpha value is -4.01. The second-order valence-corrected chi connectivity index (χ2v) is 6.33. The molecular formula is C20H18N6O3. The number of H-pyrrole nitrogens is 1. The van der Waals surface area contributed by atoms with Crippen molar-refractivity contribution in [2.24, 2.45) is 0 Å². The number of ether oxygens (including phenoxy) is 2. The Labute approximate surface area is 166 Å². The van der Waals surface area contributed by atoms with Gasteiger partial charge in [0, 0.05) is 29.8 Å². The van der Waals surface area contributed by atoms with Gasteiger partial charge in [-0.25, -0.2) is 4.98 Å². The largest absolute Gasteiger partial charge is 0.486 e. The van der Waals surface area contributed by atoms with E-state index in [0.717, 1.165) is 28.5 Å². The van der Waals surface area contributed by atoms with E-state index in [2.05, 4.69) is 30.8 Å². The van der Waals surface area contributed by atoms with Gasteiger partial charge in [-0.2, -0.15) is 0 Å². The number of anilines is 3. The molecule has 1 aliphatic rings. The fourth-order valence-corrected chi connectivity index (χ4v) is 3.02. The molecule has 9 heteroatoms. The van der Waals surface area contributed by atoms with Crippen LogP contribution in [-0.2, 0) is 6.54 Å². The van der Waals surface area contributed by atoms with Crippen LogP contribution in [0.15, 0.2) is 59.3 Å². The number of para-hydroxylation sites is 1. The lowest BCUT2D eigenvalue weighted by molar-refractivity contribution is 0.171. The highest BCUT2D eigenvalue weighted by Gasteiger charge is 2.15. The molecule has 2 aromatic carbocycles. The van der Waals surface area contributed by atoms with E-state index in [9.17, 15) is 0 Å². The molecule has 9 nitrogen and oxygen atoms in total. The average molecular weight is 390 g/mol. The van der Waals surface area contributed by atoms with Crippen LogP contribution in [0.4, 0.5) is 17.4 Å². The van der Waals surface area contributed by atoms with E-state index in [1.807, 2.05) is 42.5 Å². The predicted octanol–water partition coefficient (Wildman–Crippen LogP) is 3.59. The average Bonchev–Trinajstić information content (AvgIpc) is 3.45. The van der Waals surface area contributed by atoms with Gasteiger partial charge in [0.05, 0.1) is 12.1 Å². The number of imidazole rings is 1. The fraction of sp³-hybridized carbons (Fsp3) is 0.150. The third-order valence-electron chi connectivity index (χ3n) is 4.38. The van der Waals surface area contributed by atoms with E-state index in [0.29, 0.717) is 31.4 Å². The SMILES string of the molecule is c1ccc(-c2nnc(Nc3ccc4c(c3)OCCO4)o2)c(NCc2ncc[nH]2)c1. The summed E-state index contributed by atoms with van der Waals surface area (Å²) < 4.78 is 17.0. The first-order valence-electron chi connectivity index (χ1n) is 9.17. The number of aromatic nitrogens is 4. The quantitative estimate of drug-likeness (QED) is 0.458. The maximum absolute atomic E-state index is 5.83. The van der Waals surface area contributed by atoms with Gasteiger partial charge in [-0.1, -0.05) is 17.2 Å². The maximum Gasteiger partial charge on any atom is 0.320 e. The van der Waals surface area contributed by atoms with Crippen molar-refractivity contribution in [1.82, 2.24) is 20.2 Å². The van der Waals surface area contributed by atoms with Crippen molar-refractivity contribution < 1.29 is 13.9 Å². The molecule has 0 amide bonds. The van der Waals surface area contributed by atoms with E-state index in [-0.39, 0.29) is 6.01 Å². The van der Waals surface area contributed by atoms with E-state index in [4.69, 9.17) is 13.9 Å². The number of rotatable bonds is 6. The summed E-state index contributed by atoms with van der Waals surface area (Å²) in [5.74, 6) is 2.66. The summed E-state index contributed by atoms with van der Waals surface area (Å²) in [4.78, 5) is 7.28. The number of nitrogens with zero attached hydrogens (tertiary/aromatic N) is 3. The Morgan fingerprint density at radius 3 is 2.79 bits per heavy atom. The summed E-state index contributed by atoms with van der Waals surface area (Å²) in [6, 6.07) is 13.6. The Balaban J connectivity index is 1.34. The Morgan fingerprint density at radius 1 is 1.00 bits per heavy atom. The van der Waals surface area contributed by atoms with E-state index >= 15 is 0 Å². The zero-order valence-electron chi connectivity index (χ0n) is 15.4. The molecule has 0 spiro atoms. The number of nitrogens with one attached hydrogen (secondary N) is 3. The topological polar surface area (TPSA) is 110 Å². The monoisotopic (exact) mass is 390 g/mol. The summed E-state index contributed by atoms with van der Waals surface area (Å²) in [7, 11) is 0. The van der Waals surface area contributed by atoms with Crippen LogP contribution in [0.25, 0.3) is 11.5 Å². The Kier molecular flexibility index (Phi) is 4.45. The summed E-state index contributed by atoms with van der Waals surface area (Å²) in [6.45, 7) is 1.64. The Bertz CT molecular complexity index is 1110. The first-order chi connectivity index (χ1) is 14.3. The minimum absolute atomic E-state index is 0.289. The Morgan fingerprint density at radius 2 is 1.90 bits per heavy atom. The molecule has 4 aromatic rings. The molecule has 146 valence electrons. The molecule has 0 saturated heterocycles. The fourth-order valence-electron chi connectivity index (χ4n) is 3.02. The number of hydrogen-bond acceptors (Lipinski definition) is 8. The van der Waals surface area contributed by atoms with Gasteiger partial charge in [-0.3, -0.25) is 0 Å². The van der Waals surface area contributed by atoms with Gasteiger partial charge >= 0.3 is 6.01 Å². The zero-order chi connectivity index (χ0) is 19.5. The molecular weight excluding hydrogens is 372 g/mol. The summed E-state index contributed by atoms with van der Waals surface area (Å²) in [6.07, 6.45) is 3.51. The van der Waals surface area contributed by atoms with Crippen LogP contribution >= 0.6 is 0 Å². The smallest absolute Gasteiger partial charge is 0.320 e. The van der Waals surface area contributed by atoms with Gasteiger partial charge in [0.2, 0.25) is 0 Å². The van der Waals surface area contributed by atoms with Crippen LogP contribution in [0, 0.1) is 0 Å². The molecule has 1 aliphatic heterocycles. The second kappa shape index (κ2) is 7.55. The lowest BCUT2D eigenvalue weighted by Gasteiger charge is -2.18. The molecule has 0 radical (unpaired) electrons. The molecule has 0 aliphatic carbocycles. The van der Waals surface area contributed by atoms with E-state index in [1.54, 1.807) is 12.4 Å². The highest BCUT2D eigenvalue weighted by molar-refractivity contribution is 5.72. The normalized spacial score (nSPS) is 12.6. The van der Waals surface area contributed by atoms with Gasteiger partial charge in [-0.15, -0.1) is 5.10 Å². The lowest BCUT2D eigenvalue weighted by atomic mass is 10.2. The number of fused-ring (bicyclic) bond motifs is 1. The number of benzene rings is 2. The molecule has 0 atom stereocenters. The third kappa shape index (κ3) is 3.70. The highest BCUT2D eigenvalue weighted by Crippen LogP contribution is 2.34. The van der Waals surface area contributed by atoms with Crippen molar-refractivity contribution in [1.29, 1.82) is 0 Å². The maximum atomic E-state index is 5.83. The molecule has 0 unspecified atom stereocenters. The molecule has 3 N–H and O–H groups in total. The molecule has 2 aromatic heterocycles. The first kappa shape index (κ1) is 17.1. The van der Waals surface area contributed by atoms with Crippen LogP contribution in [0.3, 0.4) is 0 Å². The van der Waals surface area contributed by atoms with Crippen LogP contribution in [0.5, 0.6) is 11.5 Å². The van der Waals surface area contributed by atoms with Crippen molar-refractivity contribution in [3.63, 3.8) is 0 Å². The summed E-state index contributed by atoms with van der Waals surface area (Å²) in [5.41, 5.74) is 2.45. The van der Waals surface area contributed by atoms with Crippen LogP contribution in [0.1, 0.15) is 5.82 Å². The van der Waals surface area contributed by atoms with Crippen molar-refractivity contribution in [2.75, 3.05) is 23.8 Å². The minimum Gasteiger partial charge on any atom is -0.486 e. The van der Waals surface area contributed by atoms with Gasteiger partial charge in [0.1, 0.15) is 19.0 Å². The molecule has 0 fully saturated rings. The molecule has 0 bridgehead atoms. The van der Waals surface area contributed by atoms with Crippen molar-refractivity contribution in [2.45, 2.75) is 6.54 Å². The first-order valence-corrected chi connectivity index (χ1v) is 9.17. The third-order valence-corrected chi connectivity index (χ3v) is 4.38. The van der Waals surface area contributed by atoms with Crippen LogP contribution in [0.2, 0.25) is 0 Å². The molecule has 5 rings (SSSR count). The van der Waals surface area contributed by atoms with Gasteiger partial charge < -0.3 is 29.5 Å². The predicted molar refractivity (Wildman–Crippen MR) is 106 cm³/mol. The molecule has 29 heavy (non-hydrogen) atoms. The van der Waals surface area contributed by atoms with Gasteiger partial charge in [-0.05, 0) is 24.3 Å². The second-order valence-electron chi connectivity index (χ2n) is 6.33. The number of hydrogen-bond donors (Lipinski definition) is 3. The highest BCUT2D eigenvalue weighted by atomic mass is 16.6. The molecule has 3 heterocycles. The van der Waals surface area contributed by atoms with Crippen molar-refractivity contribution >= 4 is 17.4 Å². The minimum atomic E-state index is 0.289. The summed E-state index contributed by atoms with van der Waals surface area (Å²) >= 11 is 0. The van der Waals surface area contributed by atoms with Gasteiger partial charge in [0.15, 0.2) is 11.5 Å². The van der Waals surface area contributed by atoms with Crippen LogP contribution in [-0.4, -0.2) is 33.4 Å². The van der Waals surface area contributed by atoms with Crippen LogP contribution < -0.4 is 20.1 Å². The van der Waals surface area contributed by atoms with Crippen molar-refractivity contribution in [3.05, 3.63) is 60.7 Å². The molecule has 0 saturated carbocycles. The van der Waals surface area contributed by atoms with Gasteiger partial charge in [0.25, 0.3) is 5.89 Å². The summed E-state index contributed by atoms with van der Waals surface area (Å²) in [5, 5.41) is 14.7. The lowest BCUT2D eigenvalue weighted by Crippen LogP contribution is -2.15. The number of aromatic amines is 1. The van der Waals surface area contributed by atoms with E-state index in [1.165, 1.54) is 0 Å².